The van der Waals surface area contributed by atoms with Gasteiger partial charge in [-0.15, -0.1) is 0 Å². The molecule has 3 rings (SSSR count). The van der Waals surface area contributed by atoms with Crippen molar-refractivity contribution in [1.82, 2.24) is 9.55 Å². The Kier molecular flexibility index (Phi) is 3.81. The van der Waals surface area contributed by atoms with Crippen molar-refractivity contribution in [3.05, 3.63) is 43.0 Å². The Morgan fingerprint density at radius 1 is 1.25 bits per heavy atom. The van der Waals surface area contributed by atoms with Gasteiger partial charge in [-0.3, -0.25) is 4.79 Å². The molecule has 4 nitrogen and oxygen atoms in total. The van der Waals surface area contributed by atoms with Crippen molar-refractivity contribution in [1.29, 1.82) is 0 Å². The van der Waals surface area contributed by atoms with E-state index in [0.717, 1.165) is 11.4 Å². The Balaban J connectivity index is 1.59. The number of hydrogen-bond donors (Lipinski definition) is 1. The van der Waals surface area contributed by atoms with Crippen molar-refractivity contribution in [2.45, 2.75) is 32.1 Å². The summed E-state index contributed by atoms with van der Waals surface area (Å²) >= 11 is 0. The maximum absolute atomic E-state index is 12.0. The minimum absolute atomic E-state index is 0.132. The second-order valence-electron chi connectivity index (χ2n) is 5.42. The highest BCUT2D eigenvalue weighted by Crippen LogP contribution is 2.27. The van der Waals surface area contributed by atoms with Crippen LogP contribution in [0.2, 0.25) is 0 Å². The number of carbonyl (C=O) groups is 1. The summed E-state index contributed by atoms with van der Waals surface area (Å²) in [4.78, 5) is 16.0. The second-order valence-corrected chi connectivity index (χ2v) is 5.42. The fraction of sp³-hybridized carbons (Fsp3) is 0.375. The molecule has 104 valence electrons. The number of rotatable bonds is 4. The molecule has 1 aromatic carbocycles. The molecule has 0 unspecified atom stereocenters. The zero-order valence-corrected chi connectivity index (χ0v) is 11.5. The molecule has 0 bridgehead atoms. The first-order valence-corrected chi connectivity index (χ1v) is 7.19. The van der Waals surface area contributed by atoms with Gasteiger partial charge in [0.15, 0.2) is 0 Å². The Labute approximate surface area is 118 Å². The monoisotopic (exact) mass is 269 g/mol. The van der Waals surface area contributed by atoms with Crippen LogP contribution in [0.1, 0.15) is 32.1 Å². The van der Waals surface area contributed by atoms with Crippen molar-refractivity contribution in [3.63, 3.8) is 0 Å². The number of hydrogen-bond acceptors (Lipinski definition) is 2. The normalized spacial score (nSPS) is 15.4. The van der Waals surface area contributed by atoms with Gasteiger partial charge in [-0.1, -0.05) is 12.8 Å². The van der Waals surface area contributed by atoms with Crippen molar-refractivity contribution < 1.29 is 4.79 Å². The van der Waals surface area contributed by atoms with Crippen molar-refractivity contribution in [3.8, 4) is 5.69 Å². The van der Waals surface area contributed by atoms with Crippen LogP contribution < -0.4 is 5.32 Å². The van der Waals surface area contributed by atoms with Gasteiger partial charge in [-0.25, -0.2) is 4.98 Å². The van der Waals surface area contributed by atoms with Crippen molar-refractivity contribution in [2.75, 3.05) is 5.32 Å². The maximum atomic E-state index is 12.0. The van der Waals surface area contributed by atoms with Gasteiger partial charge in [0.1, 0.15) is 0 Å². The summed E-state index contributed by atoms with van der Waals surface area (Å²) in [5, 5.41) is 2.98. The molecule has 1 aliphatic rings. The van der Waals surface area contributed by atoms with Gasteiger partial charge in [-0.2, -0.15) is 0 Å². The standard InChI is InChI=1S/C16H19N3O/c20-16(11-13-3-1-2-4-13)18-14-5-7-15(8-6-14)19-10-9-17-12-19/h5-10,12-13H,1-4,11H2,(H,18,20). The van der Waals surface area contributed by atoms with Crippen LogP contribution >= 0.6 is 0 Å². The molecule has 20 heavy (non-hydrogen) atoms. The average molecular weight is 269 g/mol. The van der Waals surface area contributed by atoms with E-state index in [1.165, 1.54) is 25.7 Å². The molecular formula is C16H19N3O. The predicted octanol–water partition coefficient (Wildman–Crippen LogP) is 3.39. The van der Waals surface area contributed by atoms with Crippen molar-refractivity contribution >= 4 is 11.6 Å². The van der Waals surface area contributed by atoms with Crippen LogP contribution in [0.5, 0.6) is 0 Å². The predicted molar refractivity (Wildman–Crippen MR) is 78.8 cm³/mol. The molecule has 1 aromatic heterocycles. The lowest BCUT2D eigenvalue weighted by atomic mass is 10.0. The third-order valence-corrected chi connectivity index (χ3v) is 3.90. The molecule has 1 fully saturated rings. The molecule has 2 aromatic rings. The van der Waals surface area contributed by atoms with Gasteiger partial charge in [0, 0.05) is 30.2 Å². The van der Waals surface area contributed by atoms with E-state index in [9.17, 15) is 4.79 Å². The summed E-state index contributed by atoms with van der Waals surface area (Å²) in [5.41, 5.74) is 1.90. The minimum Gasteiger partial charge on any atom is -0.326 e. The summed E-state index contributed by atoms with van der Waals surface area (Å²) in [7, 11) is 0. The first-order valence-electron chi connectivity index (χ1n) is 7.19. The quantitative estimate of drug-likeness (QED) is 0.924. The molecule has 1 amide bonds. The molecule has 0 spiro atoms. The second kappa shape index (κ2) is 5.90. The average Bonchev–Trinajstić information content (AvgIpc) is 3.12. The van der Waals surface area contributed by atoms with E-state index in [1.807, 2.05) is 35.0 Å². The molecule has 0 atom stereocenters. The zero-order valence-electron chi connectivity index (χ0n) is 11.5. The van der Waals surface area contributed by atoms with Crippen molar-refractivity contribution in [2.24, 2.45) is 5.92 Å². The van der Waals surface area contributed by atoms with Crippen LogP contribution in [0.15, 0.2) is 43.0 Å². The highest BCUT2D eigenvalue weighted by molar-refractivity contribution is 5.90. The molecule has 1 N–H and O–H groups in total. The van der Waals surface area contributed by atoms with E-state index in [-0.39, 0.29) is 5.91 Å². The van der Waals surface area contributed by atoms with E-state index < -0.39 is 0 Å². The lowest BCUT2D eigenvalue weighted by Gasteiger charge is -2.10. The van der Waals surface area contributed by atoms with Crippen LogP contribution in [0.3, 0.4) is 0 Å². The molecule has 1 aliphatic carbocycles. The number of nitrogens with one attached hydrogen (secondary N) is 1. The van der Waals surface area contributed by atoms with Gasteiger partial charge >= 0.3 is 0 Å². The summed E-state index contributed by atoms with van der Waals surface area (Å²) in [6.07, 6.45) is 11.0. The largest absolute Gasteiger partial charge is 0.326 e. The van der Waals surface area contributed by atoms with Gasteiger partial charge < -0.3 is 9.88 Å². The Morgan fingerprint density at radius 3 is 2.65 bits per heavy atom. The smallest absolute Gasteiger partial charge is 0.224 e. The fourth-order valence-electron chi connectivity index (χ4n) is 2.82. The molecule has 1 saturated carbocycles. The Morgan fingerprint density at radius 2 is 2.00 bits per heavy atom. The number of carbonyl (C=O) groups excluding carboxylic acids is 1. The Hall–Kier alpha value is -2.10. The first-order chi connectivity index (χ1) is 9.81. The number of nitrogens with zero attached hydrogens (tertiary/aromatic N) is 2. The van der Waals surface area contributed by atoms with Gasteiger partial charge in [0.05, 0.1) is 6.33 Å². The molecular weight excluding hydrogens is 250 g/mol. The number of amides is 1. The number of imidazole rings is 1. The maximum Gasteiger partial charge on any atom is 0.224 e. The number of benzene rings is 1. The highest BCUT2D eigenvalue weighted by Gasteiger charge is 2.18. The third-order valence-electron chi connectivity index (χ3n) is 3.90. The SMILES string of the molecule is O=C(CC1CCCC1)Nc1ccc(-n2ccnc2)cc1. The number of anilines is 1. The van der Waals surface area contributed by atoms with Gasteiger partial charge in [0.2, 0.25) is 5.91 Å². The highest BCUT2D eigenvalue weighted by atomic mass is 16.1. The summed E-state index contributed by atoms with van der Waals surface area (Å²) < 4.78 is 1.93. The van der Waals surface area contributed by atoms with E-state index >= 15 is 0 Å². The summed E-state index contributed by atoms with van der Waals surface area (Å²) in [6, 6.07) is 7.82. The molecule has 4 heteroatoms. The van der Waals surface area contributed by atoms with Crippen LogP contribution in [0.4, 0.5) is 5.69 Å². The van der Waals surface area contributed by atoms with E-state index in [1.54, 1.807) is 12.5 Å². The lowest BCUT2D eigenvalue weighted by molar-refractivity contribution is -0.117. The van der Waals surface area contributed by atoms with Gasteiger partial charge in [-0.05, 0) is 43.0 Å². The van der Waals surface area contributed by atoms with E-state index in [4.69, 9.17) is 0 Å². The third kappa shape index (κ3) is 3.07. The minimum atomic E-state index is 0.132. The van der Waals surface area contributed by atoms with Crippen LogP contribution in [-0.4, -0.2) is 15.5 Å². The Bertz CT molecular complexity index is 554. The molecule has 0 saturated heterocycles. The first kappa shape index (κ1) is 12.9. The topological polar surface area (TPSA) is 46.9 Å². The summed E-state index contributed by atoms with van der Waals surface area (Å²) in [6.45, 7) is 0. The summed E-state index contributed by atoms with van der Waals surface area (Å²) in [5.74, 6) is 0.715. The van der Waals surface area contributed by atoms with E-state index in [0.29, 0.717) is 12.3 Å². The molecule has 0 aliphatic heterocycles. The fourth-order valence-corrected chi connectivity index (χ4v) is 2.82. The van der Waals surface area contributed by atoms with Crippen LogP contribution in [0.25, 0.3) is 5.69 Å². The zero-order chi connectivity index (χ0) is 13.8. The van der Waals surface area contributed by atoms with Crippen LogP contribution in [0, 0.1) is 5.92 Å². The van der Waals surface area contributed by atoms with Gasteiger partial charge in [0.25, 0.3) is 0 Å². The number of aromatic nitrogens is 2. The molecule has 1 heterocycles. The van der Waals surface area contributed by atoms with E-state index in [2.05, 4.69) is 10.3 Å². The van der Waals surface area contributed by atoms with Crippen LogP contribution in [-0.2, 0) is 4.79 Å². The lowest BCUT2D eigenvalue weighted by Crippen LogP contribution is -2.15. The molecule has 0 radical (unpaired) electrons.